The van der Waals surface area contributed by atoms with E-state index in [9.17, 15) is 0 Å². The predicted molar refractivity (Wildman–Crippen MR) is 127 cm³/mol. The van der Waals surface area contributed by atoms with Crippen molar-refractivity contribution in [2.24, 2.45) is 0 Å². The van der Waals surface area contributed by atoms with Crippen LogP contribution in [0.25, 0.3) is 0 Å². The van der Waals surface area contributed by atoms with Gasteiger partial charge in [0.25, 0.3) is 0 Å². The van der Waals surface area contributed by atoms with Crippen LogP contribution in [-0.2, 0) is 0 Å². The highest BCUT2D eigenvalue weighted by atomic mass is 35.5. The molecule has 0 aliphatic carbocycles. The van der Waals surface area contributed by atoms with Gasteiger partial charge in [-0.2, -0.15) is 0 Å². The minimum atomic E-state index is 0. The normalized spacial score (nSPS) is 8.54. The fraction of sp³-hybridized carbons (Fsp3) is 0.333. The zero-order valence-electron chi connectivity index (χ0n) is 15.1. The van der Waals surface area contributed by atoms with Gasteiger partial charge in [-0.3, -0.25) is 0 Å². The van der Waals surface area contributed by atoms with Crippen LogP contribution in [0.1, 0.15) is 12.8 Å². The summed E-state index contributed by atoms with van der Waals surface area (Å²) in [5.41, 5.74) is 4.63. The summed E-state index contributed by atoms with van der Waals surface area (Å²) >= 11 is 0. The van der Waals surface area contributed by atoms with Gasteiger partial charge in [0.2, 0.25) is 0 Å². The van der Waals surface area contributed by atoms with Crippen LogP contribution >= 0.6 is 49.6 Å². The van der Waals surface area contributed by atoms with E-state index in [1.807, 2.05) is 14.1 Å². The maximum atomic E-state index is 3.45. The average molecular weight is 444 g/mol. The molecule has 0 saturated heterocycles. The lowest BCUT2D eigenvalue weighted by Gasteiger charge is -2.09. The molecule has 0 fully saturated rings. The topological polar surface area (TPSA) is 48.1 Å². The minimum absolute atomic E-state index is 0. The zero-order chi connectivity index (χ0) is 15.6. The van der Waals surface area contributed by atoms with E-state index in [1.54, 1.807) is 0 Å². The predicted octanol–water partition coefficient (Wildman–Crippen LogP) is 5.76. The lowest BCUT2D eigenvalue weighted by Crippen LogP contribution is -2.06. The van der Waals surface area contributed by atoms with Crippen molar-refractivity contribution in [1.82, 2.24) is 0 Å². The van der Waals surface area contributed by atoms with Crippen LogP contribution in [0.5, 0.6) is 0 Å². The molecular formula is C18H30Cl4N4. The number of halogens is 4. The highest BCUT2D eigenvalue weighted by Gasteiger charge is 1.95. The first-order valence-electron chi connectivity index (χ1n) is 7.85. The van der Waals surface area contributed by atoms with Crippen LogP contribution in [0.3, 0.4) is 0 Å². The number of benzene rings is 2. The third kappa shape index (κ3) is 10.7. The molecule has 0 unspecified atom stereocenters. The quantitative estimate of drug-likeness (QED) is 0.372. The van der Waals surface area contributed by atoms with Gasteiger partial charge in [-0.05, 0) is 61.4 Å². The molecule has 4 nitrogen and oxygen atoms in total. The third-order valence-electron chi connectivity index (χ3n) is 3.61. The van der Waals surface area contributed by atoms with Crippen molar-refractivity contribution in [3.05, 3.63) is 48.5 Å². The monoisotopic (exact) mass is 442 g/mol. The minimum Gasteiger partial charge on any atom is -0.388 e. The summed E-state index contributed by atoms with van der Waals surface area (Å²) in [5, 5.41) is 13.1. The first-order valence-corrected chi connectivity index (χ1v) is 7.85. The summed E-state index contributed by atoms with van der Waals surface area (Å²) in [6.45, 7) is 2.00. The average Bonchev–Trinajstić information content (AvgIpc) is 2.59. The number of anilines is 4. The SMILES string of the molecule is CNc1ccc(NCCCCNc2ccc(NC)cc2)cc1.Cl.Cl.Cl.Cl. The molecule has 4 N–H and O–H groups in total. The van der Waals surface area contributed by atoms with E-state index in [0.29, 0.717) is 0 Å². The summed E-state index contributed by atoms with van der Waals surface area (Å²) in [6.07, 6.45) is 2.30. The molecule has 2 aromatic rings. The number of unbranched alkanes of at least 4 members (excludes halogenated alkanes) is 1. The highest BCUT2D eigenvalue weighted by Crippen LogP contribution is 2.14. The lowest BCUT2D eigenvalue weighted by atomic mass is 10.2. The molecule has 0 spiro atoms. The molecule has 0 atom stereocenters. The van der Waals surface area contributed by atoms with E-state index in [2.05, 4.69) is 69.8 Å². The number of nitrogens with one attached hydrogen (secondary N) is 4. The van der Waals surface area contributed by atoms with E-state index < -0.39 is 0 Å². The van der Waals surface area contributed by atoms with E-state index in [0.717, 1.165) is 37.3 Å². The Kier molecular flexibility index (Phi) is 19.6. The number of hydrogen-bond acceptors (Lipinski definition) is 4. The van der Waals surface area contributed by atoms with E-state index >= 15 is 0 Å². The van der Waals surface area contributed by atoms with Crippen molar-refractivity contribution >= 4 is 72.4 Å². The van der Waals surface area contributed by atoms with Gasteiger partial charge in [0.1, 0.15) is 0 Å². The van der Waals surface area contributed by atoms with Crippen LogP contribution in [-0.4, -0.2) is 27.2 Å². The Morgan fingerprint density at radius 1 is 0.500 bits per heavy atom. The van der Waals surface area contributed by atoms with Gasteiger partial charge in [-0.1, -0.05) is 0 Å². The smallest absolute Gasteiger partial charge is 0.0341 e. The van der Waals surface area contributed by atoms with E-state index in [-0.39, 0.29) is 49.6 Å². The molecule has 0 aromatic heterocycles. The molecule has 0 aliphatic heterocycles. The Morgan fingerprint density at radius 2 is 0.769 bits per heavy atom. The Balaban J connectivity index is -0.00000132. The van der Waals surface area contributed by atoms with E-state index in [4.69, 9.17) is 0 Å². The summed E-state index contributed by atoms with van der Waals surface area (Å²) < 4.78 is 0. The van der Waals surface area contributed by atoms with Crippen LogP contribution in [0.4, 0.5) is 22.7 Å². The van der Waals surface area contributed by atoms with Crippen LogP contribution in [0.2, 0.25) is 0 Å². The fourth-order valence-corrected chi connectivity index (χ4v) is 2.22. The molecule has 0 heterocycles. The van der Waals surface area contributed by atoms with Gasteiger partial charge in [0.15, 0.2) is 0 Å². The Morgan fingerprint density at radius 3 is 1.04 bits per heavy atom. The van der Waals surface area contributed by atoms with Crippen LogP contribution in [0, 0.1) is 0 Å². The van der Waals surface area contributed by atoms with Crippen molar-refractivity contribution in [2.45, 2.75) is 12.8 Å². The third-order valence-corrected chi connectivity index (χ3v) is 3.61. The summed E-state index contributed by atoms with van der Waals surface area (Å²) in [4.78, 5) is 0. The first-order chi connectivity index (χ1) is 10.8. The molecule has 0 amide bonds. The summed E-state index contributed by atoms with van der Waals surface area (Å²) in [5.74, 6) is 0. The molecule has 0 saturated carbocycles. The number of rotatable bonds is 9. The second-order valence-electron chi connectivity index (χ2n) is 5.22. The van der Waals surface area contributed by atoms with Crippen molar-refractivity contribution in [1.29, 1.82) is 0 Å². The first kappa shape index (κ1) is 29.6. The number of hydrogen-bond donors (Lipinski definition) is 4. The standard InChI is InChI=1S/C18H26N4.4ClH/c1-19-15-5-9-17(10-6-15)21-13-3-4-14-22-18-11-7-16(20-2)8-12-18;;;;/h5-12,19-22H,3-4,13-14H2,1-2H3;4*1H. The highest BCUT2D eigenvalue weighted by molar-refractivity contribution is 5.86. The van der Waals surface area contributed by atoms with Crippen LogP contribution in [0.15, 0.2) is 48.5 Å². The molecular weight excluding hydrogens is 414 g/mol. The van der Waals surface area contributed by atoms with Crippen molar-refractivity contribution in [3.63, 3.8) is 0 Å². The molecule has 8 heteroatoms. The molecule has 2 aromatic carbocycles. The van der Waals surface area contributed by atoms with Gasteiger partial charge >= 0.3 is 0 Å². The molecule has 0 aliphatic rings. The van der Waals surface area contributed by atoms with Gasteiger partial charge in [-0.25, -0.2) is 0 Å². The largest absolute Gasteiger partial charge is 0.388 e. The van der Waals surface area contributed by atoms with Crippen molar-refractivity contribution < 1.29 is 0 Å². The van der Waals surface area contributed by atoms with Crippen molar-refractivity contribution in [3.8, 4) is 0 Å². The molecule has 150 valence electrons. The van der Waals surface area contributed by atoms with Gasteiger partial charge < -0.3 is 21.3 Å². The molecule has 26 heavy (non-hydrogen) atoms. The lowest BCUT2D eigenvalue weighted by molar-refractivity contribution is 0.796. The zero-order valence-corrected chi connectivity index (χ0v) is 18.3. The van der Waals surface area contributed by atoms with E-state index in [1.165, 1.54) is 11.4 Å². The second-order valence-corrected chi connectivity index (χ2v) is 5.22. The van der Waals surface area contributed by atoms with Gasteiger partial charge in [0.05, 0.1) is 0 Å². The fourth-order valence-electron chi connectivity index (χ4n) is 2.22. The summed E-state index contributed by atoms with van der Waals surface area (Å²) in [7, 11) is 3.86. The maximum Gasteiger partial charge on any atom is 0.0341 e. The summed E-state index contributed by atoms with van der Waals surface area (Å²) in [6, 6.07) is 16.7. The maximum absolute atomic E-state index is 3.45. The Labute approximate surface area is 181 Å². The second kappa shape index (κ2) is 17.2. The van der Waals surface area contributed by atoms with Crippen molar-refractivity contribution in [2.75, 3.05) is 48.5 Å². The van der Waals surface area contributed by atoms with Crippen LogP contribution < -0.4 is 21.3 Å². The van der Waals surface area contributed by atoms with Gasteiger partial charge in [0, 0.05) is 49.9 Å². The Hall–Kier alpha value is -1.20. The molecule has 2 rings (SSSR count). The molecule has 0 bridgehead atoms. The Bertz CT molecular complexity index is 499. The van der Waals surface area contributed by atoms with Gasteiger partial charge in [-0.15, -0.1) is 49.6 Å². The molecule has 0 radical (unpaired) electrons.